The van der Waals surface area contributed by atoms with E-state index in [0.29, 0.717) is 6.54 Å². The lowest BCUT2D eigenvalue weighted by atomic mass is 10.00. The number of halogens is 2. The number of carbonyl (C=O) groups is 1. The number of nitrogens with zero attached hydrogens (tertiary/aromatic N) is 2. The quantitative estimate of drug-likeness (QED) is 0.405. The van der Waals surface area contributed by atoms with Gasteiger partial charge in [-0.2, -0.15) is 0 Å². The minimum Gasteiger partial charge on any atom is -0.318 e. The molecule has 2 heterocycles. The molecule has 0 unspecified atom stereocenters. The highest BCUT2D eigenvalue weighted by atomic mass is 19.1. The summed E-state index contributed by atoms with van der Waals surface area (Å²) >= 11 is 0. The fraction of sp³-hybridized carbons (Fsp3) is 0.115. The zero-order valence-electron chi connectivity index (χ0n) is 17.4. The predicted molar refractivity (Wildman–Crippen MR) is 120 cm³/mol. The van der Waals surface area contributed by atoms with Crippen molar-refractivity contribution in [3.05, 3.63) is 119 Å². The molecule has 0 bridgehead atoms. The second-order valence-corrected chi connectivity index (χ2v) is 7.93. The van der Waals surface area contributed by atoms with Gasteiger partial charge >= 0.3 is 6.03 Å². The van der Waals surface area contributed by atoms with E-state index in [1.54, 1.807) is 4.90 Å². The summed E-state index contributed by atoms with van der Waals surface area (Å²) in [5.74, 6) is -1.31. The molecule has 0 radical (unpaired) electrons. The first-order chi connectivity index (χ1) is 15.5. The highest BCUT2D eigenvalue weighted by molar-refractivity contribution is 5.90. The SMILES string of the molecule is Cc1cccc([C@H]2c3cccn3-c3ccccc3CN2C(=O)Nc2cc(F)ccc2F)c1. The number of anilines is 1. The van der Waals surface area contributed by atoms with E-state index >= 15 is 0 Å². The van der Waals surface area contributed by atoms with E-state index in [1.807, 2.05) is 73.8 Å². The van der Waals surface area contributed by atoms with E-state index < -0.39 is 23.7 Å². The Balaban J connectivity index is 1.65. The van der Waals surface area contributed by atoms with Gasteiger partial charge in [0, 0.05) is 18.0 Å². The van der Waals surface area contributed by atoms with Crippen LogP contribution in [0.1, 0.15) is 28.4 Å². The van der Waals surface area contributed by atoms with Gasteiger partial charge in [0.25, 0.3) is 0 Å². The van der Waals surface area contributed by atoms with Crippen LogP contribution < -0.4 is 5.32 Å². The average molecular weight is 429 g/mol. The third-order valence-corrected chi connectivity index (χ3v) is 5.75. The summed E-state index contributed by atoms with van der Waals surface area (Å²) < 4.78 is 30.1. The van der Waals surface area contributed by atoms with Crippen LogP contribution in [-0.4, -0.2) is 15.5 Å². The second kappa shape index (κ2) is 7.96. The lowest BCUT2D eigenvalue weighted by Gasteiger charge is -2.31. The summed E-state index contributed by atoms with van der Waals surface area (Å²) in [5, 5.41) is 2.58. The molecule has 2 amide bonds. The molecule has 1 aliphatic rings. The van der Waals surface area contributed by atoms with Crippen LogP contribution in [0.3, 0.4) is 0 Å². The van der Waals surface area contributed by atoms with Crippen LogP contribution in [0, 0.1) is 18.6 Å². The minimum atomic E-state index is -0.689. The topological polar surface area (TPSA) is 37.3 Å². The molecular formula is C26H21F2N3O. The van der Waals surface area contributed by atoms with Gasteiger partial charge in [-0.3, -0.25) is 0 Å². The summed E-state index contributed by atoms with van der Waals surface area (Å²) in [6.07, 6.45) is 1.98. The Morgan fingerprint density at radius 1 is 0.969 bits per heavy atom. The minimum absolute atomic E-state index is 0.189. The molecule has 0 saturated heterocycles. The Kier molecular flexibility index (Phi) is 4.98. The van der Waals surface area contributed by atoms with E-state index in [4.69, 9.17) is 0 Å². The number of hydrogen-bond acceptors (Lipinski definition) is 1. The summed E-state index contributed by atoms with van der Waals surface area (Å²) in [6.45, 7) is 2.31. The van der Waals surface area contributed by atoms with E-state index in [1.165, 1.54) is 0 Å². The highest BCUT2D eigenvalue weighted by Gasteiger charge is 2.33. The van der Waals surface area contributed by atoms with Crippen LogP contribution in [0.4, 0.5) is 19.3 Å². The first kappa shape index (κ1) is 20.0. The van der Waals surface area contributed by atoms with Crippen molar-refractivity contribution in [2.45, 2.75) is 19.5 Å². The van der Waals surface area contributed by atoms with Gasteiger partial charge in [0.2, 0.25) is 0 Å². The van der Waals surface area contributed by atoms with Crippen molar-refractivity contribution in [3.63, 3.8) is 0 Å². The van der Waals surface area contributed by atoms with Crippen molar-refractivity contribution in [3.8, 4) is 5.69 Å². The molecular weight excluding hydrogens is 408 g/mol. The Bertz CT molecular complexity index is 1310. The van der Waals surface area contributed by atoms with Crippen molar-refractivity contribution in [2.75, 3.05) is 5.32 Å². The van der Waals surface area contributed by atoms with Gasteiger partial charge in [0.05, 0.1) is 24.0 Å². The van der Waals surface area contributed by atoms with Gasteiger partial charge in [-0.05, 0) is 48.4 Å². The highest BCUT2D eigenvalue weighted by Crippen LogP contribution is 2.37. The van der Waals surface area contributed by atoms with Crippen molar-refractivity contribution in [1.82, 2.24) is 9.47 Å². The summed E-state index contributed by atoms with van der Waals surface area (Å²) in [6, 6.07) is 21.9. The Labute approximate surface area is 184 Å². The maximum absolute atomic E-state index is 14.3. The number of urea groups is 1. The standard InChI is InChI=1S/C26H21F2N3O/c1-17-6-4-8-18(14-17)25-24-10-5-13-30(24)23-9-3-2-7-19(23)16-31(25)26(32)29-22-15-20(27)11-12-21(22)28/h2-15,25H,16H2,1H3,(H,29,32)/t25-/m0/s1. The summed E-state index contributed by atoms with van der Waals surface area (Å²) in [7, 11) is 0. The smallest absolute Gasteiger partial charge is 0.318 e. The number of amides is 2. The molecule has 1 aliphatic heterocycles. The third-order valence-electron chi connectivity index (χ3n) is 5.75. The van der Waals surface area contributed by atoms with Crippen LogP contribution in [0.5, 0.6) is 0 Å². The van der Waals surface area contributed by atoms with E-state index in [0.717, 1.165) is 46.3 Å². The Morgan fingerprint density at radius 3 is 2.66 bits per heavy atom. The molecule has 0 aliphatic carbocycles. The van der Waals surface area contributed by atoms with Crippen molar-refractivity contribution >= 4 is 11.7 Å². The lowest BCUT2D eigenvalue weighted by molar-refractivity contribution is 0.194. The molecule has 4 aromatic rings. The molecule has 6 heteroatoms. The maximum Gasteiger partial charge on any atom is 0.323 e. The van der Waals surface area contributed by atoms with E-state index in [2.05, 4.69) is 9.88 Å². The number of hydrogen-bond donors (Lipinski definition) is 1. The number of carbonyl (C=O) groups excluding carboxylic acids is 1. The summed E-state index contributed by atoms with van der Waals surface area (Å²) in [4.78, 5) is 15.2. The second-order valence-electron chi connectivity index (χ2n) is 7.93. The molecule has 1 atom stereocenters. The monoisotopic (exact) mass is 429 g/mol. The van der Waals surface area contributed by atoms with Crippen LogP contribution >= 0.6 is 0 Å². The molecule has 0 spiro atoms. The molecule has 5 rings (SSSR count). The lowest BCUT2D eigenvalue weighted by Crippen LogP contribution is -2.38. The number of aryl methyl sites for hydroxylation is 1. The van der Waals surface area contributed by atoms with Gasteiger partial charge < -0.3 is 14.8 Å². The fourth-order valence-electron chi connectivity index (χ4n) is 4.31. The van der Waals surface area contributed by atoms with Crippen LogP contribution in [-0.2, 0) is 6.54 Å². The van der Waals surface area contributed by atoms with Gasteiger partial charge in [-0.1, -0.05) is 48.0 Å². The zero-order valence-corrected chi connectivity index (χ0v) is 17.4. The maximum atomic E-state index is 14.3. The number of aromatic nitrogens is 1. The van der Waals surface area contributed by atoms with Crippen molar-refractivity contribution in [2.24, 2.45) is 0 Å². The average Bonchev–Trinajstić information content (AvgIpc) is 3.20. The van der Waals surface area contributed by atoms with E-state index in [9.17, 15) is 13.6 Å². The van der Waals surface area contributed by atoms with Gasteiger partial charge in [-0.25, -0.2) is 13.6 Å². The summed E-state index contributed by atoms with van der Waals surface area (Å²) in [5.41, 5.74) is 4.67. The molecule has 1 aromatic heterocycles. The first-order valence-corrected chi connectivity index (χ1v) is 10.4. The van der Waals surface area contributed by atoms with Gasteiger partial charge in [0.1, 0.15) is 11.6 Å². The zero-order chi connectivity index (χ0) is 22.2. The molecule has 3 aromatic carbocycles. The Morgan fingerprint density at radius 2 is 1.81 bits per heavy atom. The van der Waals surface area contributed by atoms with Crippen molar-refractivity contribution in [1.29, 1.82) is 0 Å². The fourth-order valence-corrected chi connectivity index (χ4v) is 4.31. The van der Waals surface area contributed by atoms with Gasteiger partial charge in [-0.15, -0.1) is 0 Å². The molecule has 160 valence electrons. The van der Waals surface area contributed by atoms with Crippen molar-refractivity contribution < 1.29 is 13.6 Å². The van der Waals surface area contributed by atoms with E-state index in [-0.39, 0.29) is 5.69 Å². The number of rotatable bonds is 2. The largest absolute Gasteiger partial charge is 0.323 e. The number of nitrogens with one attached hydrogen (secondary N) is 1. The third kappa shape index (κ3) is 3.54. The molecule has 32 heavy (non-hydrogen) atoms. The molecule has 4 nitrogen and oxygen atoms in total. The Hall–Kier alpha value is -3.93. The van der Waals surface area contributed by atoms with Crippen LogP contribution in [0.15, 0.2) is 85.1 Å². The predicted octanol–water partition coefficient (Wildman–Crippen LogP) is 6.20. The molecule has 0 saturated carbocycles. The number of para-hydroxylation sites is 1. The molecule has 0 fully saturated rings. The molecule has 1 N–H and O–H groups in total. The van der Waals surface area contributed by atoms with Crippen LogP contribution in [0.25, 0.3) is 5.69 Å². The first-order valence-electron chi connectivity index (χ1n) is 10.4. The normalized spacial score (nSPS) is 15.0. The van der Waals surface area contributed by atoms with Crippen LogP contribution in [0.2, 0.25) is 0 Å². The van der Waals surface area contributed by atoms with Gasteiger partial charge in [0.15, 0.2) is 0 Å². The number of fused-ring (bicyclic) bond motifs is 3. The number of benzene rings is 3.